The van der Waals surface area contributed by atoms with Gasteiger partial charge in [0.15, 0.2) is 6.10 Å². The summed E-state index contributed by atoms with van der Waals surface area (Å²) in [5, 5.41) is 2.78. The first kappa shape index (κ1) is 20.1. The van der Waals surface area contributed by atoms with Crippen LogP contribution in [-0.4, -0.2) is 23.8 Å². The highest BCUT2D eigenvalue weighted by Crippen LogP contribution is 2.28. The molecule has 1 aliphatic carbocycles. The highest BCUT2D eigenvalue weighted by Gasteiger charge is 2.21. The number of hydrogen-bond acceptors (Lipinski definition) is 4. The summed E-state index contributed by atoms with van der Waals surface area (Å²) in [6.45, 7) is 5.23. The molecule has 2 rings (SSSR count). The zero-order valence-corrected chi connectivity index (χ0v) is 15.9. The first-order valence-corrected chi connectivity index (χ1v) is 9.51. The quantitative estimate of drug-likeness (QED) is 0.553. The number of carbonyl (C=O) groups is 3. The fraction of sp³-hybridized carbons (Fsp3) is 0.571. The zero-order valence-electron chi connectivity index (χ0n) is 15.9. The number of rotatable bonds is 8. The molecular weight excluding hydrogens is 330 g/mol. The van der Waals surface area contributed by atoms with Crippen LogP contribution in [0.5, 0.6) is 0 Å². The average Bonchev–Trinajstić information content (AvgIpc) is 3.13. The Kier molecular flexibility index (Phi) is 7.37. The van der Waals surface area contributed by atoms with E-state index < -0.39 is 6.10 Å². The van der Waals surface area contributed by atoms with E-state index in [9.17, 15) is 14.4 Å². The number of amides is 1. The molecule has 1 N–H and O–H groups in total. The van der Waals surface area contributed by atoms with Crippen LogP contribution in [0, 0.1) is 11.8 Å². The van der Waals surface area contributed by atoms with E-state index in [2.05, 4.69) is 5.32 Å². The van der Waals surface area contributed by atoms with Gasteiger partial charge in [-0.1, -0.05) is 39.5 Å². The third-order valence-corrected chi connectivity index (χ3v) is 4.87. The Bertz CT molecular complexity index is 630. The molecule has 1 fully saturated rings. The predicted molar refractivity (Wildman–Crippen MR) is 101 cm³/mol. The van der Waals surface area contributed by atoms with Gasteiger partial charge in [0.25, 0.3) is 0 Å². The topological polar surface area (TPSA) is 72.5 Å². The second-order valence-corrected chi connectivity index (χ2v) is 7.41. The van der Waals surface area contributed by atoms with Crippen molar-refractivity contribution in [1.29, 1.82) is 0 Å². The number of ketones is 1. The van der Waals surface area contributed by atoms with Crippen molar-refractivity contribution in [1.82, 2.24) is 0 Å². The van der Waals surface area contributed by atoms with Gasteiger partial charge in [-0.25, -0.2) is 0 Å². The van der Waals surface area contributed by atoms with Gasteiger partial charge in [-0.3, -0.25) is 14.4 Å². The first-order valence-electron chi connectivity index (χ1n) is 9.51. The maximum absolute atomic E-state index is 12.4. The van der Waals surface area contributed by atoms with Gasteiger partial charge in [-0.2, -0.15) is 0 Å². The number of hydrogen-bond donors (Lipinski definition) is 1. The fourth-order valence-electron chi connectivity index (χ4n) is 3.17. The number of carbonyl (C=O) groups excluding carboxylic acids is 3. The maximum atomic E-state index is 12.4. The van der Waals surface area contributed by atoms with E-state index >= 15 is 0 Å². The van der Waals surface area contributed by atoms with Crippen LogP contribution >= 0.6 is 0 Å². The summed E-state index contributed by atoms with van der Waals surface area (Å²) in [4.78, 5) is 36.1. The second kappa shape index (κ2) is 9.51. The lowest BCUT2D eigenvalue weighted by atomic mass is 10.0. The summed E-state index contributed by atoms with van der Waals surface area (Å²) < 4.78 is 5.29. The van der Waals surface area contributed by atoms with Crippen molar-refractivity contribution in [2.45, 2.75) is 65.4 Å². The van der Waals surface area contributed by atoms with E-state index in [4.69, 9.17) is 4.74 Å². The minimum absolute atomic E-state index is 0.0753. The van der Waals surface area contributed by atoms with Crippen molar-refractivity contribution in [3.8, 4) is 0 Å². The lowest BCUT2D eigenvalue weighted by molar-refractivity contribution is -0.146. The van der Waals surface area contributed by atoms with Gasteiger partial charge in [0.05, 0.1) is 0 Å². The molecule has 26 heavy (non-hydrogen) atoms. The lowest BCUT2D eigenvalue weighted by Crippen LogP contribution is -2.24. The maximum Gasteiger partial charge on any atom is 0.306 e. The van der Waals surface area contributed by atoms with Crippen LogP contribution in [0.2, 0.25) is 0 Å². The van der Waals surface area contributed by atoms with Crippen LogP contribution in [0.15, 0.2) is 24.3 Å². The van der Waals surface area contributed by atoms with Gasteiger partial charge in [0.2, 0.25) is 11.7 Å². The van der Waals surface area contributed by atoms with E-state index in [0.717, 1.165) is 6.42 Å². The molecule has 0 aromatic heterocycles. The summed E-state index contributed by atoms with van der Waals surface area (Å²) in [6, 6.07) is 6.65. The van der Waals surface area contributed by atoms with E-state index in [1.165, 1.54) is 25.7 Å². The summed E-state index contributed by atoms with van der Waals surface area (Å²) >= 11 is 0. The summed E-state index contributed by atoms with van der Waals surface area (Å²) in [7, 11) is 0. The molecule has 5 nitrogen and oxygen atoms in total. The molecule has 0 bridgehead atoms. The molecule has 1 saturated carbocycles. The number of esters is 1. The Morgan fingerprint density at radius 3 is 2.27 bits per heavy atom. The Morgan fingerprint density at radius 1 is 1.08 bits per heavy atom. The summed E-state index contributed by atoms with van der Waals surface area (Å²) in [5.41, 5.74) is 1.10. The normalized spacial score (nSPS) is 15.7. The van der Waals surface area contributed by atoms with Crippen molar-refractivity contribution in [3.05, 3.63) is 29.8 Å². The molecule has 1 aliphatic rings. The van der Waals surface area contributed by atoms with Crippen molar-refractivity contribution in [3.63, 3.8) is 0 Å². The van der Waals surface area contributed by atoms with Gasteiger partial charge < -0.3 is 10.1 Å². The Labute approximate surface area is 155 Å². The van der Waals surface area contributed by atoms with E-state index in [1.807, 2.05) is 13.8 Å². The van der Waals surface area contributed by atoms with Crippen LogP contribution in [-0.2, 0) is 14.3 Å². The summed E-state index contributed by atoms with van der Waals surface area (Å²) in [6.07, 6.45) is 5.32. The molecule has 1 unspecified atom stereocenters. The first-order chi connectivity index (χ1) is 12.4. The molecule has 0 radical (unpaired) electrons. The van der Waals surface area contributed by atoms with Gasteiger partial charge in [-0.15, -0.1) is 0 Å². The molecule has 1 atom stereocenters. The molecular formula is C21H29NO4. The minimum atomic E-state index is -0.804. The van der Waals surface area contributed by atoms with Gasteiger partial charge in [0.1, 0.15) is 0 Å². The van der Waals surface area contributed by atoms with Crippen molar-refractivity contribution >= 4 is 23.3 Å². The van der Waals surface area contributed by atoms with Gasteiger partial charge in [-0.05, 0) is 43.5 Å². The van der Waals surface area contributed by atoms with Gasteiger partial charge in [0, 0.05) is 23.6 Å². The van der Waals surface area contributed by atoms with E-state index in [1.54, 1.807) is 31.2 Å². The van der Waals surface area contributed by atoms with Crippen molar-refractivity contribution in [2.24, 2.45) is 11.8 Å². The van der Waals surface area contributed by atoms with Crippen LogP contribution in [0.25, 0.3) is 0 Å². The van der Waals surface area contributed by atoms with Crippen LogP contribution in [0.1, 0.15) is 69.7 Å². The van der Waals surface area contributed by atoms with E-state index in [0.29, 0.717) is 23.6 Å². The van der Waals surface area contributed by atoms with Crippen LogP contribution in [0.4, 0.5) is 5.69 Å². The molecule has 1 aromatic carbocycles. The third-order valence-electron chi connectivity index (χ3n) is 4.87. The molecule has 1 aromatic rings. The zero-order chi connectivity index (χ0) is 19.1. The number of ether oxygens (including phenoxy) is 1. The third kappa shape index (κ3) is 5.97. The van der Waals surface area contributed by atoms with Crippen molar-refractivity contribution < 1.29 is 19.1 Å². The SMILES string of the molecule is CC(C)C(=O)Nc1ccc(C(=O)C(C)OC(=O)CCC2CCCC2)cc1. The van der Waals surface area contributed by atoms with Crippen LogP contribution in [0.3, 0.4) is 0 Å². The van der Waals surface area contributed by atoms with E-state index in [-0.39, 0.29) is 23.6 Å². The number of nitrogens with one attached hydrogen (secondary N) is 1. The van der Waals surface area contributed by atoms with Crippen molar-refractivity contribution in [2.75, 3.05) is 5.32 Å². The fourth-order valence-corrected chi connectivity index (χ4v) is 3.17. The molecule has 5 heteroatoms. The molecule has 0 aliphatic heterocycles. The largest absolute Gasteiger partial charge is 0.454 e. The molecule has 1 amide bonds. The van der Waals surface area contributed by atoms with Crippen LogP contribution < -0.4 is 5.32 Å². The number of benzene rings is 1. The van der Waals surface area contributed by atoms with Gasteiger partial charge >= 0.3 is 5.97 Å². The molecule has 0 heterocycles. The Hall–Kier alpha value is -2.17. The number of anilines is 1. The standard InChI is InChI=1S/C21H29NO4/c1-14(2)21(25)22-18-11-9-17(10-12-18)20(24)15(3)26-19(23)13-8-16-6-4-5-7-16/h9-12,14-16H,4-8,13H2,1-3H3,(H,22,25). The average molecular weight is 359 g/mol. The highest BCUT2D eigenvalue weighted by atomic mass is 16.5. The molecule has 0 spiro atoms. The lowest BCUT2D eigenvalue weighted by Gasteiger charge is -2.14. The predicted octanol–water partition coefficient (Wildman–Crippen LogP) is 4.37. The Balaban J connectivity index is 1.82. The molecule has 0 saturated heterocycles. The highest BCUT2D eigenvalue weighted by molar-refractivity contribution is 6.00. The molecule has 142 valence electrons. The summed E-state index contributed by atoms with van der Waals surface area (Å²) in [5.74, 6) is -0.102. The smallest absolute Gasteiger partial charge is 0.306 e. The number of Topliss-reactive ketones (excluding diaryl/α,β-unsaturated/α-hetero) is 1. The minimum Gasteiger partial charge on any atom is -0.454 e. The second-order valence-electron chi connectivity index (χ2n) is 7.41. The Morgan fingerprint density at radius 2 is 1.69 bits per heavy atom. The monoisotopic (exact) mass is 359 g/mol.